The van der Waals surface area contributed by atoms with Crippen molar-refractivity contribution in [3.05, 3.63) is 0 Å². The number of hydrogen-bond acceptors (Lipinski definition) is 5. The molecule has 0 aliphatic carbocycles. The highest BCUT2D eigenvalue weighted by atomic mass is 16.5. The van der Waals surface area contributed by atoms with Crippen molar-refractivity contribution in [2.45, 2.75) is 46.5 Å². The number of unbranched alkanes of at least 4 members (excludes halogenated alkanes) is 1. The second-order valence-electron chi connectivity index (χ2n) is 5.22. The number of carbonyl (C=O) groups is 3. The summed E-state index contributed by atoms with van der Waals surface area (Å²) in [7, 11) is 0. The number of ketones is 1. The van der Waals surface area contributed by atoms with E-state index in [1.165, 1.54) is 6.92 Å². The van der Waals surface area contributed by atoms with E-state index in [1.54, 1.807) is 6.92 Å². The number of carbonyl (C=O) groups excluding carboxylic acids is 3. The number of hydrogen-bond donors (Lipinski definition) is 2. The highest BCUT2D eigenvalue weighted by Gasteiger charge is 2.29. The molecule has 1 unspecified atom stereocenters. The van der Waals surface area contributed by atoms with E-state index >= 15 is 0 Å². The summed E-state index contributed by atoms with van der Waals surface area (Å²) in [6, 6.07) is 0. The summed E-state index contributed by atoms with van der Waals surface area (Å²) >= 11 is 0. The van der Waals surface area contributed by atoms with Gasteiger partial charge < -0.3 is 15.8 Å². The van der Waals surface area contributed by atoms with Crippen LogP contribution in [-0.4, -0.2) is 37.4 Å². The van der Waals surface area contributed by atoms with E-state index in [9.17, 15) is 14.4 Å². The summed E-state index contributed by atoms with van der Waals surface area (Å²) in [6.45, 7) is 5.61. The molecule has 0 rings (SSSR count). The molecule has 0 aliphatic heterocycles. The second-order valence-corrected chi connectivity index (χ2v) is 5.22. The van der Waals surface area contributed by atoms with Crippen molar-refractivity contribution in [3.8, 4) is 0 Å². The summed E-state index contributed by atoms with van der Waals surface area (Å²) in [4.78, 5) is 33.4. The highest BCUT2D eigenvalue weighted by molar-refractivity contribution is 5.81. The average molecular weight is 286 g/mol. The Morgan fingerprint density at radius 1 is 1.15 bits per heavy atom. The molecule has 0 bridgehead atoms. The maximum atomic E-state index is 11.7. The predicted molar refractivity (Wildman–Crippen MR) is 76.0 cm³/mol. The zero-order valence-corrected chi connectivity index (χ0v) is 12.7. The summed E-state index contributed by atoms with van der Waals surface area (Å²) in [6.07, 6.45) is 2.85. The van der Waals surface area contributed by atoms with Crippen molar-refractivity contribution in [2.75, 3.05) is 19.7 Å². The molecule has 3 N–H and O–H groups in total. The number of amides is 1. The third-order valence-corrected chi connectivity index (χ3v) is 3.47. The summed E-state index contributed by atoms with van der Waals surface area (Å²) < 4.78 is 4.90. The van der Waals surface area contributed by atoms with E-state index in [0.717, 1.165) is 12.8 Å². The van der Waals surface area contributed by atoms with Gasteiger partial charge in [-0.15, -0.1) is 0 Å². The van der Waals surface area contributed by atoms with Gasteiger partial charge in [0, 0.05) is 18.9 Å². The van der Waals surface area contributed by atoms with Crippen molar-refractivity contribution >= 4 is 17.7 Å². The lowest BCUT2D eigenvalue weighted by Gasteiger charge is -2.26. The van der Waals surface area contributed by atoms with Crippen LogP contribution in [0.15, 0.2) is 0 Å². The fraction of sp³-hybridized carbons (Fsp3) is 0.786. The van der Waals surface area contributed by atoms with Crippen LogP contribution in [0.25, 0.3) is 0 Å². The quantitative estimate of drug-likeness (QED) is 0.457. The topological polar surface area (TPSA) is 98.5 Å². The first-order valence-corrected chi connectivity index (χ1v) is 6.93. The number of nitrogens with two attached hydrogens (primary N) is 1. The van der Waals surface area contributed by atoms with E-state index in [-0.39, 0.29) is 30.8 Å². The van der Waals surface area contributed by atoms with Gasteiger partial charge in [0.2, 0.25) is 5.91 Å². The SMILES string of the molecule is CC(=O)OCCC(C)(CCCCNC(=O)CN)C(C)=O. The van der Waals surface area contributed by atoms with Gasteiger partial charge in [0.15, 0.2) is 0 Å². The molecule has 0 aliphatic rings. The summed E-state index contributed by atoms with van der Waals surface area (Å²) in [5.74, 6) is -0.412. The predicted octanol–water partition coefficient (Wildman–Crippen LogP) is 0.780. The van der Waals surface area contributed by atoms with E-state index in [0.29, 0.717) is 19.4 Å². The van der Waals surface area contributed by atoms with E-state index in [1.807, 2.05) is 6.92 Å². The molecular weight excluding hydrogens is 260 g/mol. The molecular formula is C14H26N2O4. The summed E-state index contributed by atoms with van der Waals surface area (Å²) in [5, 5.41) is 2.69. The minimum atomic E-state index is -0.479. The fourth-order valence-corrected chi connectivity index (χ4v) is 1.84. The maximum absolute atomic E-state index is 11.7. The Bertz CT molecular complexity index is 344. The zero-order valence-electron chi connectivity index (χ0n) is 12.7. The van der Waals surface area contributed by atoms with Crippen LogP contribution in [0.4, 0.5) is 0 Å². The van der Waals surface area contributed by atoms with Crippen LogP contribution in [0, 0.1) is 5.41 Å². The van der Waals surface area contributed by atoms with Gasteiger partial charge in [0.25, 0.3) is 0 Å². The number of ether oxygens (including phenoxy) is 1. The van der Waals surface area contributed by atoms with Gasteiger partial charge in [-0.25, -0.2) is 0 Å². The maximum Gasteiger partial charge on any atom is 0.302 e. The van der Waals surface area contributed by atoms with Gasteiger partial charge >= 0.3 is 5.97 Å². The molecule has 6 heteroatoms. The van der Waals surface area contributed by atoms with Crippen LogP contribution in [0.2, 0.25) is 0 Å². The normalized spacial score (nSPS) is 13.4. The van der Waals surface area contributed by atoms with Gasteiger partial charge in [-0.05, 0) is 26.2 Å². The van der Waals surface area contributed by atoms with Crippen LogP contribution in [0.3, 0.4) is 0 Å². The Labute approximate surface area is 120 Å². The first-order valence-electron chi connectivity index (χ1n) is 6.93. The Kier molecular flexibility index (Phi) is 8.79. The Morgan fingerprint density at radius 3 is 2.30 bits per heavy atom. The molecule has 0 aromatic carbocycles. The molecule has 1 atom stereocenters. The molecule has 6 nitrogen and oxygen atoms in total. The average Bonchev–Trinajstić information content (AvgIpc) is 2.37. The molecule has 20 heavy (non-hydrogen) atoms. The van der Waals surface area contributed by atoms with Crippen LogP contribution in [-0.2, 0) is 19.1 Å². The van der Waals surface area contributed by atoms with Crippen LogP contribution in [0.5, 0.6) is 0 Å². The fourth-order valence-electron chi connectivity index (χ4n) is 1.84. The van der Waals surface area contributed by atoms with Crippen molar-refractivity contribution < 1.29 is 19.1 Å². The van der Waals surface area contributed by atoms with E-state index in [2.05, 4.69) is 5.32 Å². The van der Waals surface area contributed by atoms with Crippen molar-refractivity contribution in [1.82, 2.24) is 5.32 Å². The minimum absolute atomic E-state index is 0.00640. The van der Waals surface area contributed by atoms with Crippen molar-refractivity contribution in [3.63, 3.8) is 0 Å². The number of rotatable bonds is 10. The van der Waals surface area contributed by atoms with Gasteiger partial charge in [-0.3, -0.25) is 14.4 Å². The number of Topliss-reactive ketones (excluding diaryl/α,β-unsaturated/α-hetero) is 1. The van der Waals surface area contributed by atoms with E-state index in [4.69, 9.17) is 10.5 Å². The standard InChI is InChI=1S/C14H26N2O4/c1-11(17)14(3,7-9-20-12(2)18)6-4-5-8-16-13(19)10-15/h4-10,15H2,1-3H3,(H,16,19). The smallest absolute Gasteiger partial charge is 0.302 e. The van der Waals surface area contributed by atoms with Crippen molar-refractivity contribution in [1.29, 1.82) is 0 Å². The van der Waals surface area contributed by atoms with Gasteiger partial charge in [0.1, 0.15) is 5.78 Å². The van der Waals surface area contributed by atoms with E-state index < -0.39 is 5.41 Å². The number of nitrogens with one attached hydrogen (secondary N) is 1. The molecule has 116 valence electrons. The molecule has 0 spiro atoms. The Morgan fingerprint density at radius 2 is 1.80 bits per heavy atom. The Hall–Kier alpha value is -1.43. The third kappa shape index (κ3) is 7.89. The minimum Gasteiger partial charge on any atom is -0.466 e. The molecule has 0 heterocycles. The molecule has 0 saturated carbocycles. The monoisotopic (exact) mass is 286 g/mol. The van der Waals surface area contributed by atoms with Crippen LogP contribution >= 0.6 is 0 Å². The lowest BCUT2D eigenvalue weighted by Crippen LogP contribution is -2.31. The summed E-state index contributed by atoms with van der Waals surface area (Å²) in [5.41, 5.74) is 4.70. The molecule has 1 amide bonds. The highest BCUT2D eigenvalue weighted by Crippen LogP contribution is 2.29. The molecule has 0 saturated heterocycles. The van der Waals surface area contributed by atoms with Gasteiger partial charge in [0.05, 0.1) is 13.2 Å². The first kappa shape index (κ1) is 18.6. The molecule has 0 radical (unpaired) electrons. The lowest BCUT2D eigenvalue weighted by molar-refractivity contribution is -0.143. The molecule has 0 aromatic rings. The van der Waals surface area contributed by atoms with Crippen LogP contribution in [0.1, 0.15) is 46.5 Å². The molecule has 0 aromatic heterocycles. The van der Waals surface area contributed by atoms with Crippen molar-refractivity contribution in [2.24, 2.45) is 11.1 Å². The lowest BCUT2D eigenvalue weighted by atomic mass is 9.78. The second kappa shape index (κ2) is 9.47. The molecule has 0 fully saturated rings. The van der Waals surface area contributed by atoms with Crippen LogP contribution < -0.4 is 11.1 Å². The zero-order chi connectivity index (χ0) is 15.6. The van der Waals surface area contributed by atoms with Gasteiger partial charge in [-0.1, -0.05) is 13.3 Å². The van der Waals surface area contributed by atoms with Gasteiger partial charge in [-0.2, -0.15) is 0 Å². The first-order chi connectivity index (χ1) is 9.31. The Balaban J connectivity index is 4.03. The number of esters is 1. The third-order valence-electron chi connectivity index (χ3n) is 3.47. The largest absolute Gasteiger partial charge is 0.466 e.